The fourth-order valence-corrected chi connectivity index (χ4v) is 3.84. The van der Waals surface area contributed by atoms with Crippen LogP contribution in [-0.4, -0.2) is 43.5 Å². The summed E-state index contributed by atoms with van der Waals surface area (Å²) in [6.45, 7) is 4.11. The summed E-state index contributed by atoms with van der Waals surface area (Å²) in [4.78, 5) is 29.2. The molecule has 136 valence electrons. The number of likely N-dealkylation sites (tertiary alicyclic amines) is 1. The fourth-order valence-electron chi connectivity index (χ4n) is 3.84. The van der Waals surface area contributed by atoms with E-state index in [4.69, 9.17) is 4.74 Å². The van der Waals surface area contributed by atoms with E-state index in [0.29, 0.717) is 18.7 Å². The lowest BCUT2D eigenvalue weighted by molar-refractivity contribution is -0.136. The number of carbonyl (C=O) groups is 2. The van der Waals surface area contributed by atoms with Crippen molar-refractivity contribution >= 4 is 17.5 Å². The van der Waals surface area contributed by atoms with E-state index < -0.39 is 0 Å². The van der Waals surface area contributed by atoms with Crippen molar-refractivity contribution in [2.75, 3.05) is 31.6 Å². The molecular weight excluding hydrogens is 316 g/mol. The van der Waals surface area contributed by atoms with Gasteiger partial charge >= 0.3 is 0 Å². The van der Waals surface area contributed by atoms with Crippen molar-refractivity contribution in [1.29, 1.82) is 0 Å². The van der Waals surface area contributed by atoms with E-state index in [1.807, 2.05) is 30.0 Å². The summed E-state index contributed by atoms with van der Waals surface area (Å²) in [5, 5.41) is 0. The van der Waals surface area contributed by atoms with Crippen LogP contribution in [0.25, 0.3) is 0 Å². The van der Waals surface area contributed by atoms with Crippen molar-refractivity contribution in [2.45, 2.75) is 45.4 Å². The Morgan fingerprint density at radius 1 is 1.12 bits per heavy atom. The number of carbonyl (C=O) groups excluding carboxylic acids is 2. The number of amides is 2. The minimum Gasteiger partial charge on any atom is -0.495 e. The van der Waals surface area contributed by atoms with Crippen molar-refractivity contribution in [2.24, 2.45) is 5.92 Å². The molecule has 3 rings (SSSR count). The first kappa shape index (κ1) is 17.8. The van der Waals surface area contributed by atoms with Crippen molar-refractivity contribution in [1.82, 2.24) is 4.90 Å². The number of nitrogens with zero attached hydrogens (tertiary/aromatic N) is 2. The number of methoxy groups -OCH3 is 1. The van der Waals surface area contributed by atoms with Gasteiger partial charge in [0.15, 0.2) is 0 Å². The van der Waals surface area contributed by atoms with Crippen LogP contribution in [0.3, 0.4) is 0 Å². The smallest absolute Gasteiger partial charge is 0.228 e. The third kappa shape index (κ3) is 3.97. The lowest BCUT2D eigenvalue weighted by Crippen LogP contribution is -2.39. The second-order valence-corrected chi connectivity index (χ2v) is 7.17. The molecule has 0 radical (unpaired) electrons. The third-order valence-electron chi connectivity index (χ3n) is 5.27. The van der Waals surface area contributed by atoms with E-state index in [1.165, 1.54) is 19.3 Å². The van der Waals surface area contributed by atoms with Crippen molar-refractivity contribution in [3.8, 4) is 5.75 Å². The lowest BCUT2D eigenvalue weighted by atomic mass is 10.0. The summed E-state index contributed by atoms with van der Waals surface area (Å²) in [5.74, 6) is 0.592. The molecule has 0 aromatic heterocycles. The van der Waals surface area contributed by atoms with Gasteiger partial charge in [-0.05, 0) is 37.5 Å². The molecule has 5 heteroatoms. The molecule has 0 aliphatic carbocycles. The molecule has 2 fully saturated rings. The van der Waals surface area contributed by atoms with Crippen LogP contribution in [0.4, 0.5) is 5.69 Å². The molecule has 0 bridgehead atoms. The molecule has 0 saturated carbocycles. The van der Waals surface area contributed by atoms with E-state index >= 15 is 0 Å². The number of benzene rings is 1. The van der Waals surface area contributed by atoms with Crippen LogP contribution in [-0.2, 0) is 9.59 Å². The quantitative estimate of drug-likeness (QED) is 0.846. The summed E-state index contributed by atoms with van der Waals surface area (Å²) >= 11 is 0. The van der Waals surface area contributed by atoms with Gasteiger partial charge in [-0.25, -0.2) is 0 Å². The fraction of sp³-hybridized carbons (Fsp3) is 0.600. The first-order valence-corrected chi connectivity index (χ1v) is 9.34. The van der Waals surface area contributed by atoms with Crippen LogP contribution >= 0.6 is 0 Å². The lowest BCUT2D eigenvalue weighted by Gasteiger charge is -2.27. The highest BCUT2D eigenvalue weighted by molar-refractivity contribution is 6.01. The highest BCUT2D eigenvalue weighted by Gasteiger charge is 2.38. The largest absolute Gasteiger partial charge is 0.495 e. The molecular formula is C20H28N2O3. The first-order valence-electron chi connectivity index (χ1n) is 9.34. The van der Waals surface area contributed by atoms with E-state index in [1.54, 1.807) is 12.0 Å². The van der Waals surface area contributed by atoms with Gasteiger partial charge in [-0.2, -0.15) is 0 Å². The van der Waals surface area contributed by atoms with Gasteiger partial charge in [-0.15, -0.1) is 0 Å². The van der Waals surface area contributed by atoms with Gasteiger partial charge < -0.3 is 14.5 Å². The topological polar surface area (TPSA) is 49.9 Å². The molecule has 2 heterocycles. The minimum atomic E-state index is -0.239. The van der Waals surface area contributed by atoms with Gasteiger partial charge in [0, 0.05) is 26.1 Å². The Balaban J connectivity index is 1.73. The van der Waals surface area contributed by atoms with Gasteiger partial charge in [-0.3, -0.25) is 9.59 Å². The Hall–Kier alpha value is -2.04. The zero-order valence-electron chi connectivity index (χ0n) is 15.3. The summed E-state index contributed by atoms with van der Waals surface area (Å²) in [6.07, 6.45) is 6.10. The molecule has 2 saturated heterocycles. The van der Waals surface area contributed by atoms with E-state index in [9.17, 15) is 9.59 Å². The average Bonchev–Trinajstić information content (AvgIpc) is 2.95. The molecule has 1 unspecified atom stereocenters. The van der Waals surface area contributed by atoms with Gasteiger partial charge in [-0.1, -0.05) is 25.3 Å². The van der Waals surface area contributed by atoms with E-state index in [2.05, 4.69) is 0 Å². The molecule has 2 aliphatic heterocycles. The van der Waals surface area contributed by atoms with Gasteiger partial charge in [0.1, 0.15) is 5.75 Å². The zero-order chi connectivity index (χ0) is 17.8. The third-order valence-corrected chi connectivity index (χ3v) is 5.27. The van der Waals surface area contributed by atoms with Crippen LogP contribution < -0.4 is 9.64 Å². The maximum Gasteiger partial charge on any atom is 0.228 e. The van der Waals surface area contributed by atoms with Crippen LogP contribution in [0, 0.1) is 12.8 Å². The van der Waals surface area contributed by atoms with E-state index in [0.717, 1.165) is 37.2 Å². The zero-order valence-corrected chi connectivity index (χ0v) is 15.3. The highest BCUT2D eigenvalue weighted by Crippen LogP contribution is 2.34. The number of anilines is 1. The monoisotopic (exact) mass is 344 g/mol. The molecule has 5 nitrogen and oxygen atoms in total. The van der Waals surface area contributed by atoms with Crippen molar-refractivity contribution < 1.29 is 14.3 Å². The molecule has 25 heavy (non-hydrogen) atoms. The number of ether oxygens (including phenoxy) is 1. The summed E-state index contributed by atoms with van der Waals surface area (Å²) in [6, 6.07) is 5.80. The Morgan fingerprint density at radius 2 is 1.80 bits per heavy atom. The van der Waals surface area contributed by atoms with Gasteiger partial charge in [0.2, 0.25) is 11.8 Å². The molecule has 1 aromatic carbocycles. The van der Waals surface area contributed by atoms with Crippen LogP contribution in [0.15, 0.2) is 18.2 Å². The first-order chi connectivity index (χ1) is 12.1. The second-order valence-electron chi connectivity index (χ2n) is 7.17. The normalized spacial score (nSPS) is 21.8. The Kier molecular flexibility index (Phi) is 5.61. The minimum absolute atomic E-state index is 0.00861. The Labute approximate surface area is 149 Å². The predicted molar refractivity (Wildman–Crippen MR) is 97.9 cm³/mol. The molecule has 0 N–H and O–H groups in total. The maximum absolute atomic E-state index is 12.9. The maximum atomic E-state index is 12.9. The Morgan fingerprint density at radius 3 is 2.48 bits per heavy atom. The average molecular weight is 344 g/mol. The van der Waals surface area contributed by atoms with Crippen LogP contribution in [0.5, 0.6) is 5.75 Å². The van der Waals surface area contributed by atoms with Gasteiger partial charge in [0.25, 0.3) is 0 Å². The molecule has 0 spiro atoms. The number of hydrogen-bond donors (Lipinski definition) is 0. The molecule has 1 aromatic rings. The number of aryl methyl sites for hydroxylation is 1. The SMILES string of the molecule is COc1ccc(C)cc1N1CC(C(=O)N2CCCCCCC2)CC1=O. The predicted octanol–water partition coefficient (Wildman–Crippen LogP) is 3.15. The summed E-state index contributed by atoms with van der Waals surface area (Å²) in [7, 11) is 1.61. The van der Waals surface area contributed by atoms with Crippen molar-refractivity contribution in [3.05, 3.63) is 23.8 Å². The summed E-state index contributed by atoms with van der Waals surface area (Å²) < 4.78 is 5.41. The summed E-state index contributed by atoms with van der Waals surface area (Å²) in [5.41, 5.74) is 1.85. The Bertz CT molecular complexity index is 636. The van der Waals surface area contributed by atoms with Crippen LogP contribution in [0.2, 0.25) is 0 Å². The number of rotatable bonds is 3. The van der Waals surface area contributed by atoms with E-state index in [-0.39, 0.29) is 17.7 Å². The molecule has 1 atom stereocenters. The van der Waals surface area contributed by atoms with Crippen LogP contribution in [0.1, 0.15) is 44.1 Å². The number of hydrogen-bond acceptors (Lipinski definition) is 3. The standard InChI is InChI=1S/C20H28N2O3/c1-15-8-9-18(25-2)17(12-15)22-14-16(13-19(22)23)20(24)21-10-6-4-3-5-7-11-21/h8-9,12,16H,3-7,10-11,13-14H2,1-2H3. The highest BCUT2D eigenvalue weighted by atomic mass is 16.5. The molecule has 2 amide bonds. The molecule has 2 aliphatic rings. The second kappa shape index (κ2) is 7.89. The van der Waals surface area contributed by atoms with Gasteiger partial charge in [0.05, 0.1) is 18.7 Å². The van der Waals surface area contributed by atoms with Crippen molar-refractivity contribution in [3.63, 3.8) is 0 Å².